The van der Waals surface area contributed by atoms with E-state index in [0.717, 1.165) is 10.7 Å². The van der Waals surface area contributed by atoms with Crippen LogP contribution in [0.5, 0.6) is 0 Å². The van der Waals surface area contributed by atoms with Crippen molar-refractivity contribution < 1.29 is 19.1 Å². The Morgan fingerprint density at radius 1 is 1.35 bits per heavy atom. The molecule has 2 atom stereocenters. The van der Waals surface area contributed by atoms with Crippen LogP contribution in [0.25, 0.3) is 0 Å². The van der Waals surface area contributed by atoms with Crippen molar-refractivity contribution in [2.45, 2.75) is 45.4 Å². The van der Waals surface area contributed by atoms with Gasteiger partial charge in [0.15, 0.2) is 6.04 Å². The Bertz CT molecular complexity index is 533. The van der Waals surface area contributed by atoms with Gasteiger partial charge >= 0.3 is 12.0 Å². The van der Waals surface area contributed by atoms with Crippen molar-refractivity contribution in [1.29, 1.82) is 0 Å². The number of thiazole rings is 1. The van der Waals surface area contributed by atoms with E-state index < -0.39 is 18.1 Å². The van der Waals surface area contributed by atoms with Crippen LogP contribution in [0.4, 0.5) is 4.79 Å². The Kier molecular flexibility index (Phi) is 7.44. The fourth-order valence-corrected chi connectivity index (χ4v) is 2.68. The van der Waals surface area contributed by atoms with Crippen LogP contribution in [0.1, 0.15) is 37.4 Å². The first-order valence-corrected chi connectivity index (χ1v) is 8.24. The average Bonchev–Trinajstić information content (AvgIpc) is 2.99. The first-order valence-electron chi connectivity index (χ1n) is 7.36. The number of aromatic nitrogens is 1. The van der Waals surface area contributed by atoms with Crippen LogP contribution < -0.4 is 5.32 Å². The predicted molar refractivity (Wildman–Crippen MR) is 88.5 cm³/mol. The van der Waals surface area contributed by atoms with Crippen molar-refractivity contribution in [3.8, 4) is 0 Å². The van der Waals surface area contributed by atoms with Crippen LogP contribution in [0.2, 0.25) is 0 Å². The van der Waals surface area contributed by atoms with E-state index in [2.05, 4.69) is 24.1 Å². The molecule has 0 spiro atoms. The zero-order valence-corrected chi connectivity index (χ0v) is 15.3. The lowest BCUT2D eigenvalue weighted by molar-refractivity contribution is -0.146. The first-order chi connectivity index (χ1) is 10.8. The van der Waals surface area contributed by atoms with Gasteiger partial charge in [-0.3, -0.25) is 0 Å². The maximum absolute atomic E-state index is 12.3. The summed E-state index contributed by atoms with van der Waals surface area (Å²) in [4.78, 5) is 30.0. The molecule has 130 valence electrons. The van der Waals surface area contributed by atoms with E-state index in [-0.39, 0.29) is 6.03 Å². The molecule has 8 heteroatoms. The van der Waals surface area contributed by atoms with Gasteiger partial charge in [0.25, 0.3) is 0 Å². The van der Waals surface area contributed by atoms with Gasteiger partial charge in [-0.05, 0) is 6.92 Å². The molecule has 1 unspecified atom stereocenters. The SMILES string of the molecule is COC(=O)[C@@H](NC(=O)N(C)Cc1csc(C(C)C)n1)C(C)OC. The summed E-state index contributed by atoms with van der Waals surface area (Å²) in [7, 11) is 4.39. The topological polar surface area (TPSA) is 80.8 Å². The molecule has 0 saturated heterocycles. The molecule has 0 aromatic carbocycles. The minimum Gasteiger partial charge on any atom is -0.467 e. The molecule has 0 aliphatic carbocycles. The zero-order valence-electron chi connectivity index (χ0n) is 14.5. The summed E-state index contributed by atoms with van der Waals surface area (Å²) >= 11 is 1.58. The highest BCUT2D eigenvalue weighted by atomic mass is 32.1. The third-order valence-electron chi connectivity index (χ3n) is 3.38. The highest BCUT2D eigenvalue weighted by Gasteiger charge is 2.29. The molecule has 0 aliphatic heterocycles. The summed E-state index contributed by atoms with van der Waals surface area (Å²) in [6.07, 6.45) is -0.494. The molecule has 1 heterocycles. The summed E-state index contributed by atoms with van der Waals surface area (Å²) in [5.74, 6) is -0.184. The van der Waals surface area contributed by atoms with Crippen LogP contribution >= 0.6 is 11.3 Å². The molecule has 1 aromatic heterocycles. The van der Waals surface area contributed by atoms with Gasteiger partial charge in [0, 0.05) is 25.5 Å². The number of rotatable bonds is 7. The minimum absolute atomic E-state index is 0.360. The number of methoxy groups -OCH3 is 2. The third kappa shape index (κ3) is 5.47. The number of nitrogens with zero attached hydrogens (tertiary/aromatic N) is 2. The maximum atomic E-state index is 12.3. The quantitative estimate of drug-likeness (QED) is 0.766. The second-order valence-corrected chi connectivity index (χ2v) is 6.47. The second kappa shape index (κ2) is 8.83. The Labute approximate surface area is 141 Å². The van der Waals surface area contributed by atoms with Gasteiger partial charge < -0.3 is 19.7 Å². The molecule has 0 fully saturated rings. The second-order valence-electron chi connectivity index (χ2n) is 5.58. The van der Waals surface area contributed by atoms with Crippen molar-refractivity contribution in [1.82, 2.24) is 15.2 Å². The van der Waals surface area contributed by atoms with Gasteiger partial charge in [0.2, 0.25) is 0 Å². The number of carbonyl (C=O) groups is 2. The van der Waals surface area contributed by atoms with Crippen LogP contribution in [0.15, 0.2) is 5.38 Å². The van der Waals surface area contributed by atoms with Gasteiger partial charge in [-0.25, -0.2) is 14.6 Å². The number of ether oxygens (including phenoxy) is 2. The number of hydrogen-bond acceptors (Lipinski definition) is 6. The first kappa shape index (κ1) is 19.4. The highest BCUT2D eigenvalue weighted by Crippen LogP contribution is 2.19. The van der Waals surface area contributed by atoms with Crippen LogP contribution in [-0.2, 0) is 20.8 Å². The molecule has 7 nitrogen and oxygen atoms in total. The molecule has 0 aliphatic rings. The van der Waals surface area contributed by atoms with Crippen molar-refractivity contribution in [3.63, 3.8) is 0 Å². The maximum Gasteiger partial charge on any atom is 0.331 e. The molecule has 1 N–H and O–H groups in total. The zero-order chi connectivity index (χ0) is 17.6. The molecule has 1 aromatic rings. The molecular weight excluding hydrogens is 318 g/mol. The molecule has 0 radical (unpaired) electrons. The number of carbonyl (C=O) groups excluding carboxylic acids is 2. The van der Waals surface area contributed by atoms with Gasteiger partial charge in [-0.15, -0.1) is 11.3 Å². The van der Waals surface area contributed by atoms with Crippen LogP contribution in [0.3, 0.4) is 0 Å². The van der Waals surface area contributed by atoms with Crippen molar-refractivity contribution >= 4 is 23.3 Å². The smallest absolute Gasteiger partial charge is 0.331 e. The van der Waals surface area contributed by atoms with E-state index in [1.54, 1.807) is 25.3 Å². The van der Waals surface area contributed by atoms with Gasteiger partial charge in [0.05, 0.1) is 30.5 Å². The lowest BCUT2D eigenvalue weighted by Gasteiger charge is -2.25. The summed E-state index contributed by atoms with van der Waals surface area (Å²) in [6.45, 7) is 6.21. The average molecular weight is 343 g/mol. The molecule has 2 amide bonds. The summed E-state index contributed by atoms with van der Waals surface area (Å²) < 4.78 is 9.82. The molecule has 23 heavy (non-hydrogen) atoms. The summed E-state index contributed by atoms with van der Waals surface area (Å²) in [6, 6.07) is -1.25. The van der Waals surface area contributed by atoms with Gasteiger partial charge in [-0.2, -0.15) is 0 Å². The van der Waals surface area contributed by atoms with E-state index in [1.165, 1.54) is 19.1 Å². The lowest BCUT2D eigenvalue weighted by Crippen LogP contribution is -2.52. The van der Waals surface area contributed by atoms with Crippen LogP contribution in [-0.4, -0.2) is 55.3 Å². The number of hydrogen-bond donors (Lipinski definition) is 1. The summed E-state index contributed by atoms with van der Waals surface area (Å²) in [5, 5.41) is 5.61. The largest absolute Gasteiger partial charge is 0.467 e. The van der Waals surface area contributed by atoms with E-state index in [0.29, 0.717) is 12.5 Å². The number of esters is 1. The molecule has 0 saturated carbocycles. The highest BCUT2D eigenvalue weighted by molar-refractivity contribution is 7.09. The van der Waals surface area contributed by atoms with Gasteiger partial charge in [0.1, 0.15) is 0 Å². The van der Waals surface area contributed by atoms with E-state index in [4.69, 9.17) is 9.47 Å². The lowest BCUT2D eigenvalue weighted by atomic mass is 10.2. The molecule has 1 rings (SSSR count). The monoisotopic (exact) mass is 343 g/mol. The fraction of sp³-hybridized carbons (Fsp3) is 0.667. The Hall–Kier alpha value is -1.67. The molecular formula is C15H25N3O4S. The molecule has 0 bridgehead atoms. The normalized spacial score (nSPS) is 13.5. The standard InChI is InChI=1S/C15H25N3O4S/c1-9(2)13-16-11(8-23-13)7-18(4)15(20)17-12(10(3)21-5)14(19)22-6/h8-10,12H,7H2,1-6H3,(H,17,20)/t10?,12-/m0/s1. The van der Waals surface area contributed by atoms with Crippen LogP contribution in [0, 0.1) is 0 Å². The van der Waals surface area contributed by atoms with Crippen molar-refractivity contribution in [3.05, 3.63) is 16.1 Å². The third-order valence-corrected chi connectivity index (χ3v) is 4.58. The van der Waals surface area contributed by atoms with Crippen molar-refractivity contribution in [2.24, 2.45) is 0 Å². The van der Waals surface area contributed by atoms with Gasteiger partial charge in [-0.1, -0.05) is 13.8 Å². The Morgan fingerprint density at radius 2 is 2.00 bits per heavy atom. The Balaban J connectivity index is 2.68. The van der Waals surface area contributed by atoms with E-state index >= 15 is 0 Å². The van der Waals surface area contributed by atoms with Crippen molar-refractivity contribution in [2.75, 3.05) is 21.3 Å². The number of urea groups is 1. The predicted octanol–water partition coefficient (Wildman–Crippen LogP) is 1.98. The minimum atomic E-state index is -0.860. The Morgan fingerprint density at radius 3 is 2.48 bits per heavy atom. The fourth-order valence-electron chi connectivity index (χ4n) is 1.85. The number of nitrogens with one attached hydrogen (secondary N) is 1. The van der Waals surface area contributed by atoms with E-state index in [9.17, 15) is 9.59 Å². The number of amides is 2. The summed E-state index contributed by atoms with van der Waals surface area (Å²) in [5.41, 5.74) is 0.825. The van der Waals surface area contributed by atoms with E-state index in [1.807, 2.05) is 5.38 Å².